The first kappa shape index (κ1) is 16.0. The first-order chi connectivity index (χ1) is 11.8. The van der Waals surface area contributed by atoms with Gasteiger partial charge in [-0.05, 0) is 12.1 Å². The number of nitriles is 1. The second kappa shape index (κ2) is 7.62. The number of nitrogens with one attached hydrogen (secondary N) is 1. The molecule has 0 radical (unpaired) electrons. The smallest absolute Gasteiger partial charge is 0.251 e. The number of morpholine rings is 1. The van der Waals surface area contributed by atoms with E-state index >= 15 is 0 Å². The monoisotopic (exact) mass is 326 g/mol. The summed E-state index contributed by atoms with van der Waals surface area (Å²) in [7, 11) is 0. The van der Waals surface area contributed by atoms with Gasteiger partial charge in [-0.3, -0.25) is 4.79 Å². The zero-order chi connectivity index (χ0) is 16.8. The maximum Gasteiger partial charge on any atom is 0.251 e. The topological polar surface area (TPSA) is 91.4 Å². The van der Waals surface area contributed by atoms with Crippen LogP contribution >= 0.6 is 0 Å². The molecule has 24 heavy (non-hydrogen) atoms. The van der Waals surface area contributed by atoms with Crippen molar-refractivity contribution in [3.63, 3.8) is 0 Å². The van der Waals surface area contributed by atoms with Gasteiger partial charge in [0.15, 0.2) is 5.89 Å². The summed E-state index contributed by atoms with van der Waals surface area (Å²) in [5.74, 6) is 0.794. The van der Waals surface area contributed by atoms with Gasteiger partial charge in [-0.2, -0.15) is 5.26 Å². The molecule has 1 aromatic heterocycles. The van der Waals surface area contributed by atoms with Crippen molar-refractivity contribution in [2.24, 2.45) is 0 Å². The van der Waals surface area contributed by atoms with Gasteiger partial charge in [0.25, 0.3) is 5.91 Å². The quantitative estimate of drug-likeness (QED) is 0.892. The largest absolute Gasteiger partial charge is 0.424 e. The molecule has 0 atom stereocenters. The first-order valence-corrected chi connectivity index (χ1v) is 7.83. The SMILES string of the molecule is N#Cc1nc(CCNC(=O)c2ccccc2)oc1N1CCOCC1. The second-order valence-electron chi connectivity index (χ2n) is 5.34. The van der Waals surface area contributed by atoms with Crippen molar-refractivity contribution in [3.05, 3.63) is 47.5 Å². The lowest BCUT2D eigenvalue weighted by atomic mass is 10.2. The van der Waals surface area contributed by atoms with Crippen molar-refractivity contribution in [1.29, 1.82) is 5.26 Å². The average Bonchev–Trinajstić information content (AvgIpc) is 3.06. The summed E-state index contributed by atoms with van der Waals surface area (Å²) in [6, 6.07) is 11.1. The molecule has 0 bridgehead atoms. The molecular weight excluding hydrogens is 308 g/mol. The van der Waals surface area contributed by atoms with E-state index in [2.05, 4.69) is 16.4 Å². The molecule has 0 aliphatic carbocycles. The van der Waals surface area contributed by atoms with Crippen molar-refractivity contribution in [1.82, 2.24) is 10.3 Å². The van der Waals surface area contributed by atoms with E-state index in [0.29, 0.717) is 56.6 Å². The molecule has 1 aliphatic rings. The summed E-state index contributed by atoms with van der Waals surface area (Å²) in [4.78, 5) is 18.1. The van der Waals surface area contributed by atoms with Crippen LogP contribution < -0.4 is 10.2 Å². The van der Waals surface area contributed by atoms with Gasteiger partial charge in [-0.1, -0.05) is 18.2 Å². The highest BCUT2D eigenvalue weighted by atomic mass is 16.5. The molecule has 1 aromatic carbocycles. The fraction of sp³-hybridized carbons (Fsp3) is 0.353. The number of amides is 1. The lowest BCUT2D eigenvalue weighted by Gasteiger charge is -2.25. The Morgan fingerprint density at radius 1 is 1.29 bits per heavy atom. The molecular formula is C17H18N4O3. The van der Waals surface area contributed by atoms with Gasteiger partial charge < -0.3 is 19.4 Å². The van der Waals surface area contributed by atoms with Crippen molar-refractivity contribution in [3.8, 4) is 6.07 Å². The van der Waals surface area contributed by atoms with Crippen molar-refractivity contribution < 1.29 is 13.9 Å². The Hall–Kier alpha value is -2.85. The third-order valence-corrected chi connectivity index (χ3v) is 3.72. The molecule has 1 amide bonds. The Labute approximate surface area is 139 Å². The van der Waals surface area contributed by atoms with Gasteiger partial charge in [-0.25, -0.2) is 4.98 Å². The Kier molecular flexibility index (Phi) is 5.08. The van der Waals surface area contributed by atoms with Crippen LogP contribution in [0, 0.1) is 11.3 Å². The number of hydrogen-bond donors (Lipinski definition) is 1. The second-order valence-corrected chi connectivity index (χ2v) is 5.34. The van der Waals surface area contributed by atoms with Crippen LogP contribution in [0.25, 0.3) is 0 Å². The number of carbonyl (C=O) groups excluding carboxylic acids is 1. The number of anilines is 1. The van der Waals surface area contributed by atoms with E-state index in [0.717, 1.165) is 0 Å². The molecule has 0 spiro atoms. The van der Waals surface area contributed by atoms with Crippen LogP contribution in [0.1, 0.15) is 21.9 Å². The van der Waals surface area contributed by atoms with E-state index in [9.17, 15) is 10.1 Å². The molecule has 3 rings (SSSR count). The van der Waals surface area contributed by atoms with E-state index in [1.54, 1.807) is 12.1 Å². The van der Waals surface area contributed by atoms with Crippen molar-refractivity contribution in [2.75, 3.05) is 37.7 Å². The zero-order valence-electron chi connectivity index (χ0n) is 13.2. The normalized spacial score (nSPS) is 14.2. The molecule has 0 saturated carbocycles. The van der Waals surface area contributed by atoms with Crippen LogP contribution in [-0.4, -0.2) is 43.7 Å². The van der Waals surface area contributed by atoms with Gasteiger partial charge in [0.05, 0.1) is 13.2 Å². The molecule has 7 nitrogen and oxygen atoms in total. The van der Waals surface area contributed by atoms with Crippen LogP contribution in [0.15, 0.2) is 34.7 Å². The molecule has 1 N–H and O–H groups in total. The van der Waals surface area contributed by atoms with Crippen LogP contribution in [-0.2, 0) is 11.2 Å². The Morgan fingerprint density at radius 3 is 2.75 bits per heavy atom. The molecule has 7 heteroatoms. The minimum absolute atomic E-state index is 0.143. The third kappa shape index (κ3) is 3.73. The van der Waals surface area contributed by atoms with Crippen LogP contribution in [0.4, 0.5) is 5.88 Å². The van der Waals surface area contributed by atoms with Crippen LogP contribution in [0.3, 0.4) is 0 Å². The van der Waals surface area contributed by atoms with E-state index in [1.807, 2.05) is 23.1 Å². The highest BCUT2D eigenvalue weighted by Gasteiger charge is 2.21. The number of ether oxygens (including phenoxy) is 1. The summed E-state index contributed by atoms with van der Waals surface area (Å²) >= 11 is 0. The molecule has 1 fully saturated rings. The number of benzene rings is 1. The van der Waals surface area contributed by atoms with Gasteiger partial charge in [0.2, 0.25) is 11.6 Å². The van der Waals surface area contributed by atoms with Crippen LogP contribution in [0.2, 0.25) is 0 Å². The minimum Gasteiger partial charge on any atom is -0.424 e. The fourth-order valence-corrected chi connectivity index (χ4v) is 2.49. The number of oxazole rings is 1. The van der Waals surface area contributed by atoms with Gasteiger partial charge in [0, 0.05) is 31.6 Å². The standard InChI is InChI=1S/C17H18N4O3/c18-12-14-17(21-8-10-23-11-9-21)24-15(20-14)6-7-19-16(22)13-4-2-1-3-5-13/h1-5H,6-11H2,(H,19,22). The molecule has 1 saturated heterocycles. The maximum absolute atomic E-state index is 12.0. The van der Waals surface area contributed by atoms with Gasteiger partial charge in [0.1, 0.15) is 6.07 Å². The van der Waals surface area contributed by atoms with Crippen LogP contribution in [0.5, 0.6) is 0 Å². The predicted molar refractivity (Wildman–Crippen MR) is 86.7 cm³/mol. The number of nitrogens with zero attached hydrogens (tertiary/aromatic N) is 3. The third-order valence-electron chi connectivity index (χ3n) is 3.72. The highest BCUT2D eigenvalue weighted by Crippen LogP contribution is 2.22. The van der Waals surface area contributed by atoms with E-state index in [-0.39, 0.29) is 11.6 Å². The summed E-state index contributed by atoms with van der Waals surface area (Å²) in [5.41, 5.74) is 0.887. The van der Waals surface area contributed by atoms with E-state index < -0.39 is 0 Å². The number of carbonyl (C=O) groups is 1. The molecule has 1 aliphatic heterocycles. The molecule has 2 heterocycles. The highest BCUT2D eigenvalue weighted by molar-refractivity contribution is 5.94. The first-order valence-electron chi connectivity index (χ1n) is 7.83. The zero-order valence-corrected chi connectivity index (χ0v) is 13.2. The maximum atomic E-state index is 12.0. The van der Waals surface area contributed by atoms with Gasteiger partial charge >= 0.3 is 0 Å². The molecule has 124 valence electrons. The number of rotatable bonds is 5. The lowest BCUT2D eigenvalue weighted by Crippen LogP contribution is -2.36. The van der Waals surface area contributed by atoms with Crippen molar-refractivity contribution >= 4 is 11.8 Å². The summed E-state index contributed by atoms with van der Waals surface area (Å²) in [6.07, 6.45) is 0.428. The Morgan fingerprint density at radius 2 is 2.04 bits per heavy atom. The molecule has 0 unspecified atom stereocenters. The number of aromatic nitrogens is 1. The average molecular weight is 326 g/mol. The molecule has 2 aromatic rings. The summed E-state index contributed by atoms with van der Waals surface area (Å²) in [5, 5.41) is 12.0. The number of hydrogen-bond acceptors (Lipinski definition) is 6. The minimum atomic E-state index is -0.143. The van der Waals surface area contributed by atoms with E-state index in [1.165, 1.54) is 0 Å². The van der Waals surface area contributed by atoms with Gasteiger partial charge in [-0.15, -0.1) is 0 Å². The fourth-order valence-electron chi connectivity index (χ4n) is 2.49. The summed E-state index contributed by atoms with van der Waals surface area (Å²) in [6.45, 7) is 2.95. The van der Waals surface area contributed by atoms with Crippen molar-refractivity contribution in [2.45, 2.75) is 6.42 Å². The Balaban J connectivity index is 1.58. The lowest BCUT2D eigenvalue weighted by molar-refractivity contribution is 0.0953. The van der Waals surface area contributed by atoms with E-state index in [4.69, 9.17) is 9.15 Å². The Bertz CT molecular complexity index is 730. The summed E-state index contributed by atoms with van der Waals surface area (Å²) < 4.78 is 11.0. The predicted octanol–water partition coefficient (Wildman–Crippen LogP) is 1.36.